The fourth-order valence-corrected chi connectivity index (χ4v) is 1.99. The summed E-state index contributed by atoms with van der Waals surface area (Å²) >= 11 is 0. The van der Waals surface area contributed by atoms with Crippen LogP contribution in [0.3, 0.4) is 0 Å². The van der Waals surface area contributed by atoms with Crippen molar-refractivity contribution < 1.29 is 9.50 Å². The van der Waals surface area contributed by atoms with E-state index in [2.05, 4.69) is 16.9 Å². The van der Waals surface area contributed by atoms with Crippen molar-refractivity contribution in [3.63, 3.8) is 0 Å². The summed E-state index contributed by atoms with van der Waals surface area (Å²) in [6.07, 6.45) is 2.10. The van der Waals surface area contributed by atoms with E-state index < -0.39 is 0 Å². The highest BCUT2D eigenvalue weighted by atomic mass is 19.1. The molecule has 0 aliphatic carbocycles. The summed E-state index contributed by atoms with van der Waals surface area (Å²) in [7, 11) is 2.06. The molecule has 1 aromatic heterocycles. The van der Waals surface area contributed by atoms with Gasteiger partial charge >= 0.3 is 0 Å². The molecule has 1 aliphatic heterocycles. The van der Waals surface area contributed by atoms with Crippen LogP contribution in [0.2, 0.25) is 0 Å². The molecule has 0 atom stereocenters. The van der Waals surface area contributed by atoms with Gasteiger partial charge in [-0.2, -0.15) is 0 Å². The van der Waals surface area contributed by atoms with Crippen LogP contribution in [0.1, 0.15) is 5.56 Å². The lowest BCUT2D eigenvalue weighted by Crippen LogP contribution is -2.45. The molecule has 0 spiro atoms. The van der Waals surface area contributed by atoms with Gasteiger partial charge in [0.1, 0.15) is 0 Å². The fraction of sp³-hybridized carbons (Fsp3) is 0.583. The summed E-state index contributed by atoms with van der Waals surface area (Å²) in [6, 6.07) is 1.47. The molecule has 94 valence electrons. The van der Waals surface area contributed by atoms with E-state index in [0.717, 1.165) is 31.7 Å². The zero-order valence-electron chi connectivity index (χ0n) is 10.1. The lowest BCUT2D eigenvalue weighted by atomic mass is 10.2. The highest BCUT2D eigenvalue weighted by molar-refractivity contribution is 5.41. The van der Waals surface area contributed by atoms with Crippen molar-refractivity contribution in [1.29, 1.82) is 0 Å². The second kappa shape index (κ2) is 5.42. The molecule has 2 heterocycles. The van der Waals surface area contributed by atoms with Crippen LogP contribution in [0.25, 0.3) is 0 Å². The Hall–Kier alpha value is -1.20. The Morgan fingerprint density at radius 2 is 2.06 bits per heavy atom. The van der Waals surface area contributed by atoms with E-state index in [1.54, 1.807) is 6.20 Å². The second-order valence-corrected chi connectivity index (χ2v) is 4.41. The van der Waals surface area contributed by atoms with Crippen LogP contribution in [-0.4, -0.2) is 54.8 Å². The molecule has 1 fully saturated rings. The van der Waals surface area contributed by atoms with Gasteiger partial charge in [-0.3, -0.25) is 0 Å². The molecule has 5 heteroatoms. The molecule has 1 aliphatic rings. The molecule has 0 unspecified atom stereocenters. The molecule has 0 saturated carbocycles. The van der Waals surface area contributed by atoms with Crippen LogP contribution < -0.4 is 4.90 Å². The normalized spacial score (nSPS) is 17.5. The minimum absolute atomic E-state index is 0.0228. The topological polar surface area (TPSA) is 39.6 Å². The maximum Gasteiger partial charge on any atom is 0.165 e. The molecule has 1 N–H and O–H groups in total. The first-order chi connectivity index (χ1) is 8.20. The molecular formula is C12H18FN3O. The Morgan fingerprint density at radius 1 is 1.35 bits per heavy atom. The van der Waals surface area contributed by atoms with Gasteiger partial charge in [0.05, 0.1) is 0 Å². The molecule has 0 aromatic carbocycles. The largest absolute Gasteiger partial charge is 0.396 e. The van der Waals surface area contributed by atoms with Gasteiger partial charge in [-0.25, -0.2) is 9.37 Å². The van der Waals surface area contributed by atoms with Gasteiger partial charge < -0.3 is 14.9 Å². The number of aromatic nitrogens is 1. The van der Waals surface area contributed by atoms with E-state index in [1.165, 1.54) is 6.07 Å². The lowest BCUT2D eigenvalue weighted by molar-refractivity contribution is 0.299. The van der Waals surface area contributed by atoms with Gasteiger partial charge in [-0.1, -0.05) is 0 Å². The summed E-state index contributed by atoms with van der Waals surface area (Å²) < 4.78 is 13.9. The van der Waals surface area contributed by atoms with Gasteiger partial charge in [0.25, 0.3) is 0 Å². The standard InChI is InChI=1S/C12H18FN3O/c1-15-3-5-16(6-4-15)12-11(13)8-10(2-7-17)9-14-12/h8-9,17H,2-7H2,1H3. The lowest BCUT2D eigenvalue weighted by Gasteiger charge is -2.33. The number of pyridine rings is 1. The van der Waals surface area contributed by atoms with Gasteiger partial charge in [0, 0.05) is 39.0 Å². The Balaban J connectivity index is 2.10. The van der Waals surface area contributed by atoms with Crippen molar-refractivity contribution in [2.75, 3.05) is 44.7 Å². The SMILES string of the molecule is CN1CCN(c2ncc(CCO)cc2F)CC1. The van der Waals surface area contributed by atoms with Crippen molar-refractivity contribution >= 4 is 5.82 Å². The van der Waals surface area contributed by atoms with Crippen molar-refractivity contribution in [2.45, 2.75) is 6.42 Å². The smallest absolute Gasteiger partial charge is 0.165 e. The number of piperazine rings is 1. The predicted molar refractivity (Wildman–Crippen MR) is 64.7 cm³/mol. The van der Waals surface area contributed by atoms with Gasteiger partial charge in [0.2, 0.25) is 0 Å². The quantitative estimate of drug-likeness (QED) is 0.834. The molecule has 0 radical (unpaired) electrons. The number of likely N-dealkylation sites (N-methyl/N-ethyl adjacent to an activating group) is 1. The second-order valence-electron chi connectivity index (χ2n) is 4.41. The minimum Gasteiger partial charge on any atom is -0.396 e. The van der Waals surface area contributed by atoms with Crippen LogP contribution >= 0.6 is 0 Å². The summed E-state index contributed by atoms with van der Waals surface area (Å²) in [6.45, 7) is 3.49. The molecule has 1 aromatic rings. The van der Waals surface area contributed by atoms with Gasteiger partial charge in [-0.05, 0) is 25.1 Å². The van der Waals surface area contributed by atoms with Gasteiger partial charge in [0.15, 0.2) is 11.6 Å². The Kier molecular flexibility index (Phi) is 3.91. The van der Waals surface area contributed by atoms with Crippen molar-refractivity contribution in [1.82, 2.24) is 9.88 Å². The molecule has 4 nitrogen and oxygen atoms in total. The number of aliphatic hydroxyl groups is 1. The highest BCUT2D eigenvalue weighted by Gasteiger charge is 2.18. The number of hydrogen-bond donors (Lipinski definition) is 1. The summed E-state index contributed by atoms with van der Waals surface area (Å²) in [5, 5.41) is 8.79. The minimum atomic E-state index is -0.291. The van der Waals surface area contributed by atoms with Crippen molar-refractivity contribution in [3.05, 3.63) is 23.6 Å². The first kappa shape index (κ1) is 12.3. The first-order valence-corrected chi connectivity index (χ1v) is 5.89. The van der Waals surface area contributed by atoms with E-state index in [4.69, 9.17) is 5.11 Å². The Labute approximate surface area is 101 Å². The zero-order valence-corrected chi connectivity index (χ0v) is 10.1. The number of halogens is 1. The van der Waals surface area contributed by atoms with Gasteiger partial charge in [-0.15, -0.1) is 0 Å². The van der Waals surface area contributed by atoms with E-state index >= 15 is 0 Å². The van der Waals surface area contributed by atoms with Crippen molar-refractivity contribution in [3.8, 4) is 0 Å². The van der Waals surface area contributed by atoms with Crippen LogP contribution in [-0.2, 0) is 6.42 Å². The number of aliphatic hydroxyl groups excluding tert-OH is 1. The van der Waals surface area contributed by atoms with Crippen LogP contribution in [0.5, 0.6) is 0 Å². The summed E-state index contributed by atoms with van der Waals surface area (Å²) in [5.74, 6) is 0.139. The van der Waals surface area contributed by atoms with E-state index in [9.17, 15) is 4.39 Å². The molecule has 2 rings (SSSR count). The molecular weight excluding hydrogens is 221 g/mol. The Morgan fingerprint density at radius 3 is 2.65 bits per heavy atom. The fourth-order valence-electron chi connectivity index (χ4n) is 1.99. The first-order valence-electron chi connectivity index (χ1n) is 5.89. The third-order valence-electron chi connectivity index (χ3n) is 3.08. The number of hydrogen-bond acceptors (Lipinski definition) is 4. The van der Waals surface area contributed by atoms with Crippen LogP contribution in [0.15, 0.2) is 12.3 Å². The predicted octanol–water partition coefficient (Wildman–Crippen LogP) is 0.507. The van der Waals surface area contributed by atoms with Crippen molar-refractivity contribution in [2.24, 2.45) is 0 Å². The van der Waals surface area contributed by atoms with E-state index in [0.29, 0.717) is 12.2 Å². The molecule has 0 amide bonds. The van der Waals surface area contributed by atoms with Crippen LogP contribution in [0.4, 0.5) is 10.2 Å². The third-order valence-corrected chi connectivity index (χ3v) is 3.08. The van der Waals surface area contributed by atoms with Crippen LogP contribution in [0, 0.1) is 5.82 Å². The molecule has 17 heavy (non-hydrogen) atoms. The molecule has 1 saturated heterocycles. The zero-order chi connectivity index (χ0) is 12.3. The summed E-state index contributed by atoms with van der Waals surface area (Å²) in [4.78, 5) is 8.35. The maximum atomic E-state index is 13.9. The van der Waals surface area contributed by atoms with E-state index in [-0.39, 0.29) is 12.4 Å². The average Bonchev–Trinajstić information content (AvgIpc) is 2.31. The maximum absolute atomic E-state index is 13.9. The monoisotopic (exact) mass is 239 g/mol. The third kappa shape index (κ3) is 2.92. The number of nitrogens with zero attached hydrogens (tertiary/aromatic N) is 3. The summed E-state index contributed by atoms with van der Waals surface area (Å²) in [5.41, 5.74) is 0.739. The van der Waals surface area contributed by atoms with E-state index in [1.807, 2.05) is 4.90 Å². The Bertz CT molecular complexity index is 378. The highest BCUT2D eigenvalue weighted by Crippen LogP contribution is 2.18. The molecule has 0 bridgehead atoms. The average molecular weight is 239 g/mol. The number of anilines is 1. The number of rotatable bonds is 3.